The van der Waals surface area contributed by atoms with Crippen LogP contribution in [-0.2, 0) is 11.3 Å². The van der Waals surface area contributed by atoms with Crippen molar-refractivity contribution in [3.8, 4) is 0 Å². The monoisotopic (exact) mass is 264 g/mol. The van der Waals surface area contributed by atoms with Gasteiger partial charge in [0, 0.05) is 37.2 Å². The number of ether oxygens (including phenoxy) is 1. The van der Waals surface area contributed by atoms with Gasteiger partial charge in [-0.15, -0.1) is 0 Å². The van der Waals surface area contributed by atoms with Gasteiger partial charge in [-0.05, 0) is 12.0 Å². The first-order valence-corrected chi connectivity index (χ1v) is 6.22. The van der Waals surface area contributed by atoms with Gasteiger partial charge in [-0.25, -0.2) is 4.68 Å². The molecule has 2 heterocycles. The molecule has 0 bridgehead atoms. The summed E-state index contributed by atoms with van der Waals surface area (Å²) in [5.74, 6) is 0. The average Bonchev–Trinajstić information content (AvgIpc) is 2.46. The Hall–Kier alpha value is -2.05. The number of morpholine rings is 1. The maximum Gasteiger partial charge on any atom is 0.268 e. The lowest BCUT2D eigenvalue weighted by atomic mass is 10.3. The van der Waals surface area contributed by atoms with E-state index in [2.05, 4.69) is 20.0 Å². The normalized spacial score (nSPS) is 15.1. The number of aromatic nitrogens is 2. The molecular formula is C11H16N6O2. The Morgan fingerprint density at radius 3 is 2.95 bits per heavy atom. The zero-order chi connectivity index (χ0) is 13.5. The van der Waals surface area contributed by atoms with Crippen LogP contribution in [0.1, 0.15) is 6.42 Å². The minimum atomic E-state index is -0.134. The Morgan fingerprint density at radius 1 is 1.47 bits per heavy atom. The van der Waals surface area contributed by atoms with Gasteiger partial charge in [0.15, 0.2) is 0 Å². The second-order valence-electron chi connectivity index (χ2n) is 4.18. The predicted octanol–water partition coefficient (Wildman–Crippen LogP) is 0.780. The van der Waals surface area contributed by atoms with Crippen LogP contribution in [0.25, 0.3) is 10.4 Å². The summed E-state index contributed by atoms with van der Waals surface area (Å²) in [6.45, 7) is 3.74. The van der Waals surface area contributed by atoms with Crippen molar-refractivity contribution in [1.29, 1.82) is 0 Å². The molecule has 0 unspecified atom stereocenters. The quantitative estimate of drug-likeness (QED) is 0.340. The van der Waals surface area contributed by atoms with Crippen LogP contribution in [0, 0.1) is 0 Å². The van der Waals surface area contributed by atoms with Crippen molar-refractivity contribution >= 4 is 5.69 Å². The van der Waals surface area contributed by atoms with E-state index in [0.717, 1.165) is 18.8 Å². The topological polar surface area (TPSA) is 96.1 Å². The zero-order valence-electron chi connectivity index (χ0n) is 10.6. The van der Waals surface area contributed by atoms with E-state index >= 15 is 0 Å². The van der Waals surface area contributed by atoms with Crippen molar-refractivity contribution in [2.75, 3.05) is 37.7 Å². The third-order valence-corrected chi connectivity index (χ3v) is 2.92. The number of anilines is 1. The number of aryl methyl sites for hydroxylation is 1. The Kier molecular flexibility index (Phi) is 4.77. The summed E-state index contributed by atoms with van der Waals surface area (Å²) in [6, 6.07) is 1.59. The molecule has 1 aromatic heterocycles. The lowest BCUT2D eigenvalue weighted by Gasteiger charge is -2.28. The first-order chi connectivity index (χ1) is 9.31. The van der Waals surface area contributed by atoms with Crippen LogP contribution >= 0.6 is 0 Å². The molecule has 0 saturated carbocycles. The van der Waals surface area contributed by atoms with E-state index in [1.54, 1.807) is 12.3 Å². The van der Waals surface area contributed by atoms with Crippen molar-refractivity contribution in [3.05, 3.63) is 33.1 Å². The zero-order valence-corrected chi connectivity index (χ0v) is 10.6. The minimum Gasteiger partial charge on any atom is -0.378 e. The summed E-state index contributed by atoms with van der Waals surface area (Å²) in [4.78, 5) is 16.6. The van der Waals surface area contributed by atoms with E-state index in [1.165, 1.54) is 4.68 Å². The van der Waals surface area contributed by atoms with Gasteiger partial charge in [0.1, 0.15) is 0 Å². The molecule has 8 nitrogen and oxygen atoms in total. The van der Waals surface area contributed by atoms with Gasteiger partial charge < -0.3 is 9.64 Å². The Balaban J connectivity index is 2.00. The lowest BCUT2D eigenvalue weighted by Crippen LogP contribution is -2.37. The highest BCUT2D eigenvalue weighted by atomic mass is 16.5. The molecular weight excluding hydrogens is 248 g/mol. The molecule has 1 fully saturated rings. The molecule has 1 aliphatic rings. The van der Waals surface area contributed by atoms with Gasteiger partial charge in [-0.3, -0.25) is 4.79 Å². The highest BCUT2D eigenvalue weighted by Crippen LogP contribution is 2.11. The fourth-order valence-corrected chi connectivity index (χ4v) is 1.92. The summed E-state index contributed by atoms with van der Waals surface area (Å²) in [5.41, 5.74) is 8.86. The molecule has 0 spiro atoms. The molecule has 8 heteroatoms. The highest BCUT2D eigenvalue weighted by Gasteiger charge is 2.12. The third-order valence-electron chi connectivity index (χ3n) is 2.92. The average molecular weight is 264 g/mol. The largest absolute Gasteiger partial charge is 0.378 e. The van der Waals surface area contributed by atoms with Gasteiger partial charge in [0.05, 0.1) is 25.1 Å². The number of azide groups is 1. The number of nitrogens with zero attached hydrogens (tertiary/aromatic N) is 6. The van der Waals surface area contributed by atoms with Crippen LogP contribution in [0.3, 0.4) is 0 Å². The van der Waals surface area contributed by atoms with Crippen molar-refractivity contribution in [2.24, 2.45) is 5.11 Å². The van der Waals surface area contributed by atoms with Gasteiger partial charge in [-0.1, -0.05) is 5.11 Å². The maximum atomic E-state index is 11.9. The van der Waals surface area contributed by atoms with Crippen molar-refractivity contribution in [3.63, 3.8) is 0 Å². The fourth-order valence-electron chi connectivity index (χ4n) is 1.92. The molecule has 0 aromatic carbocycles. The summed E-state index contributed by atoms with van der Waals surface area (Å²) in [5, 5.41) is 7.56. The predicted molar refractivity (Wildman–Crippen MR) is 70.2 cm³/mol. The van der Waals surface area contributed by atoms with E-state index in [9.17, 15) is 4.79 Å². The molecule has 19 heavy (non-hydrogen) atoms. The van der Waals surface area contributed by atoms with Crippen molar-refractivity contribution in [2.45, 2.75) is 13.0 Å². The second-order valence-corrected chi connectivity index (χ2v) is 4.18. The van der Waals surface area contributed by atoms with Crippen LogP contribution in [0.15, 0.2) is 22.2 Å². The van der Waals surface area contributed by atoms with E-state index in [-0.39, 0.29) is 5.56 Å². The standard InChI is InChI=1S/C11H16N6O2/c12-15-13-2-1-3-17-11(18)8-10(9-14-17)16-4-6-19-7-5-16/h8-9H,1-7H2. The number of rotatable bonds is 5. The molecule has 0 aliphatic carbocycles. The first-order valence-electron chi connectivity index (χ1n) is 6.22. The Morgan fingerprint density at radius 2 is 2.26 bits per heavy atom. The maximum absolute atomic E-state index is 11.9. The summed E-state index contributed by atoms with van der Waals surface area (Å²) < 4.78 is 6.65. The number of hydrogen-bond donors (Lipinski definition) is 0. The van der Waals surface area contributed by atoms with Crippen LogP contribution in [-0.4, -0.2) is 42.6 Å². The molecule has 0 radical (unpaired) electrons. The Labute approximate surface area is 110 Å². The van der Waals surface area contributed by atoms with E-state index in [0.29, 0.717) is 32.7 Å². The number of hydrogen-bond acceptors (Lipinski definition) is 5. The van der Waals surface area contributed by atoms with Crippen molar-refractivity contribution < 1.29 is 4.74 Å². The molecule has 102 valence electrons. The van der Waals surface area contributed by atoms with Crippen LogP contribution < -0.4 is 10.5 Å². The first kappa shape index (κ1) is 13.4. The highest BCUT2D eigenvalue weighted by molar-refractivity contribution is 5.43. The smallest absolute Gasteiger partial charge is 0.268 e. The molecule has 1 saturated heterocycles. The molecule has 0 atom stereocenters. The van der Waals surface area contributed by atoms with Gasteiger partial charge >= 0.3 is 0 Å². The van der Waals surface area contributed by atoms with Crippen LogP contribution in [0.2, 0.25) is 0 Å². The van der Waals surface area contributed by atoms with Gasteiger partial charge in [0.25, 0.3) is 5.56 Å². The molecule has 0 amide bonds. The Bertz CT molecular complexity index is 516. The van der Waals surface area contributed by atoms with E-state index in [4.69, 9.17) is 10.3 Å². The second kappa shape index (κ2) is 6.77. The van der Waals surface area contributed by atoms with Crippen LogP contribution in [0.4, 0.5) is 5.69 Å². The van der Waals surface area contributed by atoms with Crippen LogP contribution in [0.5, 0.6) is 0 Å². The van der Waals surface area contributed by atoms with E-state index in [1.807, 2.05) is 0 Å². The SMILES string of the molecule is [N-]=[N+]=NCCCn1ncc(N2CCOCC2)cc1=O. The molecule has 1 aliphatic heterocycles. The third kappa shape index (κ3) is 3.70. The summed E-state index contributed by atoms with van der Waals surface area (Å²) in [7, 11) is 0. The van der Waals surface area contributed by atoms with Gasteiger partial charge in [0.2, 0.25) is 0 Å². The van der Waals surface area contributed by atoms with E-state index < -0.39 is 0 Å². The van der Waals surface area contributed by atoms with Gasteiger partial charge in [-0.2, -0.15) is 5.10 Å². The molecule has 0 N–H and O–H groups in total. The lowest BCUT2D eigenvalue weighted by molar-refractivity contribution is 0.122. The van der Waals surface area contributed by atoms with Crippen molar-refractivity contribution in [1.82, 2.24) is 9.78 Å². The molecule has 1 aromatic rings. The summed E-state index contributed by atoms with van der Waals surface area (Å²) in [6.07, 6.45) is 2.30. The minimum absolute atomic E-state index is 0.134. The fraction of sp³-hybridized carbons (Fsp3) is 0.636. The molecule has 2 rings (SSSR count). The summed E-state index contributed by atoms with van der Waals surface area (Å²) >= 11 is 0.